The summed E-state index contributed by atoms with van der Waals surface area (Å²) in [5.74, 6) is -4.73. The van der Waals surface area contributed by atoms with E-state index >= 15 is 0 Å². The number of hydrogen-bond acceptors (Lipinski definition) is 3. The van der Waals surface area contributed by atoms with Crippen molar-refractivity contribution in [3.8, 4) is 0 Å². The molecular weight excluding hydrogens is 243 g/mol. The Morgan fingerprint density at radius 2 is 2.00 bits per heavy atom. The molecule has 1 atom stereocenters. The second-order valence-electron chi connectivity index (χ2n) is 2.93. The molecule has 0 radical (unpaired) electrons. The molecule has 0 saturated heterocycles. The normalized spacial score (nSPS) is 13.4. The Balaban J connectivity index is 2.62. The number of hydrogen-bond donors (Lipinski definition) is 1. The molecule has 0 bridgehead atoms. The molecule has 1 aromatic heterocycles. The number of carbonyl (C=O) groups is 1. The number of thioether (sulfide) groups is 1. The van der Waals surface area contributed by atoms with E-state index in [-0.39, 0.29) is 0 Å². The summed E-state index contributed by atoms with van der Waals surface area (Å²) in [4.78, 5) is 14.7. The predicted molar refractivity (Wildman–Crippen MR) is 52.1 cm³/mol. The van der Waals surface area contributed by atoms with E-state index in [4.69, 9.17) is 5.11 Å². The lowest BCUT2D eigenvalue weighted by atomic mass is 10.2. The third-order valence-corrected chi connectivity index (χ3v) is 2.87. The summed E-state index contributed by atoms with van der Waals surface area (Å²) in [5, 5.41) is 8.44. The SMILES string of the molecule is O=C(O)C(CSc1ccncc1)C(F)(F)F. The minimum absolute atomic E-state index is 0.539. The predicted octanol–water partition coefficient (Wildman–Crippen LogP) is 2.44. The maximum Gasteiger partial charge on any atom is 0.403 e. The third-order valence-electron chi connectivity index (χ3n) is 1.76. The Kier molecular flexibility index (Phi) is 4.17. The molecule has 0 fully saturated rings. The topological polar surface area (TPSA) is 50.2 Å². The summed E-state index contributed by atoms with van der Waals surface area (Å²) >= 11 is 0.843. The lowest BCUT2D eigenvalue weighted by Gasteiger charge is -2.15. The maximum atomic E-state index is 12.3. The summed E-state index contributed by atoms with van der Waals surface area (Å²) < 4.78 is 36.8. The number of pyridine rings is 1. The van der Waals surface area contributed by atoms with Crippen LogP contribution in [0, 0.1) is 5.92 Å². The van der Waals surface area contributed by atoms with E-state index in [1.54, 1.807) is 0 Å². The maximum absolute atomic E-state index is 12.3. The number of halogens is 3. The van der Waals surface area contributed by atoms with E-state index in [1.807, 2.05) is 0 Å². The lowest BCUT2D eigenvalue weighted by Crippen LogP contribution is -2.32. The fourth-order valence-electron chi connectivity index (χ4n) is 0.920. The number of aromatic nitrogens is 1. The molecule has 0 spiro atoms. The highest BCUT2D eigenvalue weighted by molar-refractivity contribution is 7.99. The van der Waals surface area contributed by atoms with Crippen LogP contribution in [-0.4, -0.2) is 28.0 Å². The quantitative estimate of drug-likeness (QED) is 0.835. The van der Waals surface area contributed by atoms with Gasteiger partial charge in [0.2, 0.25) is 0 Å². The van der Waals surface area contributed by atoms with Crippen molar-refractivity contribution >= 4 is 17.7 Å². The first-order chi connectivity index (χ1) is 7.41. The first-order valence-corrected chi connectivity index (χ1v) is 5.22. The monoisotopic (exact) mass is 251 g/mol. The van der Waals surface area contributed by atoms with Crippen molar-refractivity contribution in [2.24, 2.45) is 5.92 Å². The van der Waals surface area contributed by atoms with Crippen LogP contribution in [0.4, 0.5) is 13.2 Å². The zero-order valence-corrected chi connectivity index (χ0v) is 8.76. The molecule has 1 aromatic rings. The van der Waals surface area contributed by atoms with Gasteiger partial charge in [0.05, 0.1) is 0 Å². The number of alkyl halides is 3. The second kappa shape index (κ2) is 5.20. The smallest absolute Gasteiger partial charge is 0.403 e. The summed E-state index contributed by atoms with van der Waals surface area (Å²) in [6.07, 6.45) is -1.84. The van der Waals surface area contributed by atoms with Gasteiger partial charge in [-0.05, 0) is 12.1 Å². The van der Waals surface area contributed by atoms with Crippen LogP contribution < -0.4 is 0 Å². The molecule has 1 rings (SSSR count). The molecule has 1 heterocycles. The Labute approximate surface area is 93.7 Å². The highest BCUT2D eigenvalue weighted by Gasteiger charge is 2.44. The summed E-state index contributed by atoms with van der Waals surface area (Å²) in [6.45, 7) is 0. The number of rotatable bonds is 4. The fraction of sp³-hybridized carbons (Fsp3) is 0.333. The molecule has 16 heavy (non-hydrogen) atoms. The van der Waals surface area contributed by atoms with Crippen molar-refractivity contribution in [1.82, 2.24) is 4.98 Å². The van der Waals surface area contributed by atoms with E-state index in [1.165, 1.54) is 24.5 Å². The molecule has 0 saturated carbocycles. The van der Waals surface area contributed by atoms with Crippen molar-refractivity contribution in [3.63, 3.8) is 0 Å². The molecule has 1 N–H and O–H groups in total. The summed E-state index contributed by atoms with van der Waals surface area (Å²) in [7, 11) is 0. The van der Waals surface area contributed by atoms with Crippen LogP contribution in [0.15, 0.2) is 29.4 Å². The number of aliphatic carboxylic acids is 1. The van der Waals surface area contributed by atoms with Crippen LogP contribution in [0.25, 0.3) is 0 Å². The Morgan fingerprint density at radius 3 is 2.44 bits per heavy atom. The molecule has 3 nitrogen and oxygen atoms in total. The van der Waals surface area contributed by atoms with Gasteiger partial charge in [-0.3, -0.25) is 9.78 Å². The Hall–Kier alpha value is -1.24. The molecule has 0 aromatic carbocycles. The minimum atomic E-state index is -4.72. The van der Waals surface area contributed by atoms with Crippen LogP contribution in [0.2, 0.25) is 0 Å². The largest absolute Gasteiger partial charge is 0.481 e. The summed E-state index contributed by atoms with van der Waals surface area (Å²) in [6, 6.07) is 3.06. The van der Waals surface area contributed by atoms with Crippen LogP contribution in [0.1, 0.15) is 0 Å². The average molecular weight is 251 g/mol. The minimum Gasteiger partial charge on any atom is -0.481 e. The average Bonchev–Trinajstić information content (AvgIpc) is 2.17. The standard InChI is InChI=1S/C9H8F3NO2S/c10-9(11,12)7(8(14)15)5-16-6-1-3-13-4-2-6/h1-4,7H,5H2,(H,14,15). The molecule has 1 unspecified atom stereocenters. The van der Waals surface area contributed by atoms with E-state index in [0.717, 1.165) is 11.8 Å². The molecular formula is C9H8F3NO2S. The molecule has 0 aliphatic rings. The Morgan fingerprint density at radius 1 is 1.44 bits per heavy atom. The lowest BCUT2D eigenvalue weighted by molar-refractivity contribution is -0.188. The van der Waals surface area contributed by atoms with Gasteiger partial charge in [-0.25, -0.2) is 0 Å². The van der Waals surface area contributed by atoms with E-state index in [2.05, 4.69) is 4.98 Å². The summed E-state index contributed by atoms with van der Waals surface area (Å²) in [5.41, 5.74) is 0. The van der Waals surface area contributed by atoms with Crippen molar-refractivity contribution < 1.29 is 23.1 Å². The van der Waals surface area contributed by atoms with Gasteiger partial charge in [-0.15, -0.1) is 11.8 Å². The van der Waals surface area contributed by atoms with Crippen molar-refractivity contribution in [2.45, 2.75) is 11.1 Å². The molecule has 0 aliphatic heterocycles. The zero-order valence-electron chi connectivity index (χ0n) is 7.94. The number of carboxylic acid groups (broad SMARTS) is 1. The van der Waals surface area contributed by atoms with Gasteiger partial charge in [0, 0.05) is 23.0 Å². The fourth-order valence-corrected chi connectivity index (χ4v) is 1.92. The van der Waals surface area contributed by atoms with E-state index in [0.29, 0.717) is 4.90 Å². The van der Waals surface area contributed by atoms with Gasteiger partial charge < -0.3 is 5.11 Å². The molecule has 7 heteroatoms. The Bertz CT molecular complexity index is 356. The number of carboxylic acids is 1. The zero-order chi connectivity index (χ0) is 12.2. The highest BCUT2D eigenvalue weighted by Crippen LogP contribution is 2.31. The van der Waals surface area contributed by atoms with Crippen LogP contribution in [0.3, 0.4) is 0 Å². The van der Waals surface area contributed by atoms with Gasteiger partial charge in [-0.1, -0.05) is 0 Å². The van der Waals surface area contributed by atoms with Gasteiger partial charge in [0.15, 0.2) is 5.92 Å². The van der Waals surface area contributed by atoms with Gasteiger partial charge >= 0.3 is 12.1 Å². The van der Waals surface area contributed by atoms with Gasteiger partial charge in [-0.2, -0.15) is 13.2 Å². The third kappa shape index (κ3) is 3.73. The van der Waals surface area contributed by atoms with Crippen molar-refractivity contribution in [1.29, 1.82) is 0 Å². The first kappa shape index (κ1) is 12.8. The molecule has 88 valence electrons. The van der Waals surface area contributed by atoms with E-state index < -0.39 is 23.8 Å². The molecule has 0 amide bonds. The van der Waals surface area contributed by atoms with Crippen LogP contribution >= 0.6 is 11.8 Å². The molecule has 0 aliphatic carbocycles. The van der Waals surface area contributed by atoms with Crippen LogP contribution in [-0.2, 0) is 4.79 Å². The number of nitrogens with zero attached hydrogens (tertiary/aromatic N) is 1. The van der Waals surface area contributed by atoms with Crippen molar-refractivity contribution in [3.05, 3.63) is 24.5 Å². The van der Waals surface area contributed by atoms with Gasteiger partial charge in [0.1, 0.15) is 0 Å². The van der Waals surface area contributed by atoms with Gasteiger partial charge in [0.25, 0.3) is 0 Å². The van der Waals surface area contributed by atoms with E-state index in [9.17, 15) is 18.0 Å². The highest BCUT2D eigenvalue weighted by atomic mass is 32.2. The van der Waals surface area contributed by atoms with Crippen LogP contribution in [0.5, 0.6) is 0 Å². The first-order valence-electron chi connectivity index (χ1n) is 4.23. The van der Waals surface area contributed by atoms with Crippen molar-refractivity contribution in [2.75, 3.05) is 5.75 Å². The second-order valence-corrected chi connectivity index (χ2v) is 4.02.